The van der Waals surface area contributed by atoms with Gasteiger partial charge in [0.2, 0.25) is 10.3 Å². The van der Waals surface area contributed by atoms with Crippen molar-refractivity contribution >= 4 is 58.1 Å². The van der Waals surface area contributed by atoms with Crippen molar-refractivity contribution < 1.29 is 18.9 Å². The standard InChI is InChI=1S/C42H32Cl2N8O4S2/c43-31-8-16-35(17-9-31)55-23-39-45-47-41-51(39)49-37(25-57-41)29-4-12-33(13-5-29)53-21-27-2-1-3-28(20-27)22-54-34-14-6-30(7-15-34)38-26-58-42-48-46-40(52(42)50-38)24-56-36-18-10-32(44)11-19-36/h1-20H,21-26H2. The summed E-state index contributed by atoms with van der Waals surface area (Å²) in [4.78, 5) is 0. The van der Waals surface area contributed by atoms with E-state index in [0.717, 1.165) is 55.5 Å². The number of aromatic nitrogens is 6. The average Bonchev–Trinajstić information content (AvgIpc) is 3.88. The predicted octanol–water partition coefficient (Wildman–Crippen LogP) is 9.21. The Bertz CT molecular complexity index is 2420. The zero-order chi connectivity index (χ0) is 39.3. The molecule has 0 saturated heterocycles. The number of nitrogens with zero attached hydrogens (tertiary/aromatic N) is 8. The molecule has 2 aliphatic rings. The van der Waals surface area contributed by atoms with Gasteiger partial charge in [-0.2, -0.15) is 19.6 Å². The third-order valence-electron chi connectivity index (χ3n) is 9.01. The van der Waals surface area contributed by atoms with E-state index in [4.69, 9.17) is 52.4 Å². The van der Waals surface area contributed by atoms with E-state index in [-0.39, 0.29) is 13.2 Å². The fraction of sp³-hybridized carbons (Fsp3) is 0.143. The van der Waals surface area contributed by atoms with Gasteiger partial charge in [0.25, 0.3) is 0 Å². The van der Waals surface area contributed by atoms with Gasteiger partial charge in [-0.05, 0) is 125 Å². The summed E-state index contributed by atoms with van der Waals surface area (Å²) in [7, 11) is 0. The van der Waals surface area contributed by atoms with Crippen LogP contribution in [0.2, 0.25) is 10.0 Å². The summed E-state index contributed by atoms with van der Waals surface area (Å²) in [6.45, 7) is 1.30. The highest BCUT2D eigenvalue weighted by molar-refractivity contribution is 8.00. The molecule has 0 saturated carbocycles. The zero-order valence-corrected chi connectivity index (χ0v) is 33.7. The van der Waals surface area contributed by atoms with Gasteiger partial charge in [-0.3, -0.25) is 0 Å². The molecule has 5 aromatic carbocycles. The fourth-order valence-corrected chi connectivity index (χ4v) is 7.95. The lowest BCUT2D eigenvalue weighted by Crippen LogP contribution is -2.15. The van der Waals surface area contributed by atoms with Crippen LogP contribution in [-0.4, -0.2) is 52.7 Å². The van der Waals surface area contributed by atoms with E-state index in [0.29, 0.717) is 57.9 Å². The van der Waals surface area contributed by atoms with E-state index in [2.05, 4.69) is 26.5 Å². The maximum atomic E-state index is 6.16. The van der Waals surface area contributed by atoms with Gasteiger partial charge in [0.1, 0.15) is 49.4 Å². The molecule has 0 radical (unpaired) electrons. The Balaban J connectivity index is 0.769. The van der Waals surface area contributed by atoms with Crippen LogP contribution in [0.4, 0.5) is 0 Å². The molecular weight excluding hydrogens is 816 g/mol. The molecule has 0 fully saturated rings. The molecule has 4 heterocycles. The number of ether oxygens (including phenoxy) is 4. The Morgan fingerprint density at radius 1 is 0.466 bits per heavy atom. The Hall–Kier alpha value is -5.80. The second kappa shape index (κ2) is 17.4. The largest absolute Gasteiger partial charge is 0.489 e. The molecule has 2 aliphatic heterocycles. The Kier molecular flexibility index (Phi) is 11.3. The van der Waals surface area contributed by atoms with Crippen molar-refractivity contribution in [3.63, 3.8) is 0 Å². The van der Waals surface area contributed by atoms with Crippen molar-refractivity contribution in [2.75, 3.05) is 11.5 Å². The first-order valence-corrected chi connectivity index (χ1v) is 20.8. The number of thioether (sulfide) groups is 2. The highest BCUT2D eigenvalue weighted by Crippen LogP contribution is 2.28. The van der Waals surface area contributed by atoms with Gasteiger partial charge in [-0.1, -0.05) is 64.9 Å². The summed E-state index contributed by atoms with van der Waals surface area (Å²) in [6.07, 6.45) is 0. The van der Waals surface area contributed by atoms with Crippen LogP contribution >= 0.6 is 46.7 Å². The third kappa shape index (κ3) is 9.00. The number of benzene rings is 5. The third-order valence-corrected chi connectivity index (χ3v) is 11.4. The molecule has 9 rings (SSSR count). The zero-order valence-electron chi connectivity index (χ0n) is 30.6. The van der Waals surface area contributed by atoms with Gasteiger partial charge in [0, 0.05) is 21.6 Å². The van der Waals surface area contributed by atoms with Crippen molar-refractivity contribution in [1.82, 2.24) is 29.7 Å². The first kappa shape index (κ1) is 37.8. The predicted molar refractivity (Wildman–Crippen MR) is 225 cm³/mol. The quantitative estimate of drug-likeness (QED) is 0.105. The maximum Gasteiger partial charge on any atom is 0.212 e. The van der Waals surface area contributed by atoms with Gasteiger partial charge in [0.15, 0.2) is 11.6 Å². The first-order valence-electron chi connectivity index (χ1n) is 18.1. The monoisotopic (exact) mass is 846 g/mol. The molecule has 0 unspecified atom stereocenters. The van der Waals surface area contributed by atoms with E-state index >= 15 is 0 Å². The smallest absolute Gasteiger partial charge is 0.212 e. The topological polar surface area (TPSA) is 123 Å². The number of hydrogen-bond acceptors (Lipinski definition) is 12. The van der Waals surface area contributed by atoms with Gasteiger partial charge >= 0.3 is 0 Å². The molecule has 0 aliphatic carbocycles. The van der Waals surface area contributed by atoms with Crippen LogP contribution in [0, 0.1) is 0 Å². The number of rotatable bonds is 14. The van der Waals surface area contributed by atoms with E-state index in [9.17, 15) is 0 Å². The van der Waals surface area contributed by atoms with Crippen LogP contribution in [0.5, 0.6) is 23.0 Å². The lowest BCUT2D eigenvalue weighted by Gasteiger charge is -2.15. The molecular formula is C42H32Cl2N8O4S2. The Morgan fingerprint density at radius 3 is 1.26 bits per heavy atom. The van der Waals surface area contributed by atoms with Crippen molar-refractivity contribution in [3.8, 4) is 23.0 Å². The van der Waals surface area contributed by atoms with Crippen molar-refractivity contribution in [1.29, 1.82) is 0 Å². The minimum absolute atomic E-state index is 0.230. The average molecular weight is 848 g/mol. The minimum Gasteiger partial charge on any atom is -0.489 e. The summed E-state index contributed by atoms with van der Waals surface area (Å²) in [5, 5.41) is 29.6. The second-order valence-electron chi connectivity index (χ2n) is 13.0. The molecule has 58 heavy (non-hydrogen) atoms. The SMILES string of the molecule is Clc1ccc(OCc2nnc3n2N=C(c2ccc(OCc4cccc(COc5ccc(C6=Nn7c(COc8ccc(Cl)cc8)nnc7SC6)cc5)c4)cc2)CS3)cc1. The first-order chi connectivity index (χ1) is 28.5. The number of halogens is 2. The van der Waals surface area contributed by atoms with Crippen molar-refractivity contribution in [2.24, 2.45) is 10.2 Å². The summed E-state index contributed by atoms with van der Waals surface area (Å²) in [6, 6.07) is 38.5. The highest BCUT2D eigenvalue weighted by Gasteiger charge is 2.22. The highest BCUT2D eigenvalue weighted by atomic mass is 35.5. The molecule has 7 aromatic rings. The molecule has 12 nitrogen and oxygen atoms in total. The van der Waals surface area contributed by atoms with Crippen molar-refractivity contribution in [2.45, 2.75) is 36.7 Å². The van der Waals surface area contributed by atoms with Crippen LogP contribution in [0.25, 0.3) is 0 Å². The van der Waals surface area contributed by atoms with E-state index in [1.54, 1.807) is 57.1 Å². The number of fused-ring (bicyclic) bond motifs is 2. The van der Waals surface area contributed by atoms with Gasteiger partial charge in [0.05, 0.1) is 11.4 Å². The maximum absolute atomic E-state index is 6.16. The second-order valence-corrected chi connectivity index (χ2v) is 15.8. The van der Waals surface area contributed by atoms with E-state index in [1.807, 2.05) is 91.0 Å². The summed E-state index contributed by atoms with van der Waals surface area (Å²) < 4.78 is 27.6. The molecule has 16 heteroatoms. The van der Waals surface area contributed by atoms with Crippen LogP contribution in [0.1, 0.15) is 33.9 Å². The van der Waals surface area contributed by atoms with Gasteiger partial charge in [-0.15, -0.1) is 20.4 Å². The van der Waals surface area contributed by atoms with Gasteiger partial charge in [-0.25, -0.2) is 0 Å². The summed E-state index contributed by atoms with van der Waals surface area (Å²) in [5.41, 5.74) is 5.91. The molecule has 0 spiro atoms. The normalized spacial score (nSPS) is 13.2. The van der Waals surface area contributed by atoms with E-state index < -0.39 is 0 Å². The molecule has 0 bridgehead atoms. The Labute approximate surface area is 351 Å². The lowest BCUT2D eigenvalue weighted by molar-refractivity contribution is 0.289. The molecule has 0 atom stereocenters. The van der Waals surface area contributed by atoms with Crippen LogP contribution in [0.3, 0.4) is 0 Å². The fourth-order valence-electron chi connectivity index (χ4n) is 5.99. The number of hydrogen-bond donors (Lipinski definition) is 0. The molecule has 0 amide bonds. The summed E-state index contributed by atoms with van der Waals surface area (Å²) in [5.74, 6) is 5.51. The van der Waals surface area contributed by atoms with E-state index in [1.165, 1.54) is 0 Å². The minimum atomic E-state index is 0.230. The molecule has 290 valence electrons. The van der Waals surface area contributed by atoms with Crippen LogP contribution in [0.15, 0.2) is 142 Å². The van der Waals surface area contributed by atoms with Crippen LogP contribution in [-0.2, 0) is 26.4 Å². The van der Waals surface area contributed by atoms with Gasteiger partial charge < -0.3 is 18.9 Å². The Morgan fingerprint density at radius 2 is 0.845 bits per heavy atom. The lowest BCUT2D eigenvalue weighted by atomic mass is 10.1. The summed E-state index contributed by atoms with van der Waals surface area (Å²) >= 11 is 15.2. The van der Waals surface area contributed by atoms with Crippen molar-refractivity contribution in [3.05, 3.63) is 165 Å². The molecule has 0 N–H and O–H groups in total. The van der Waals surface area contributed by atoms with Crippen LogP contribution < -0.4 is 18.9 Å². The molecule has 2 aromatic heterocycles.